The summed E-state index contributed by atoms with van der Waals surface area (Å²) in [7, 11) is 0. The molecule has 1 aromatic heterocycles. The van der Waals surface area contributed by atoms with E-state index in [0.717, 1.165) is 0 Å². The first-order valence-corrected chi connectivity index (χ1v) is 7.76. The molecule has 0 bridgehead atoms. The minimum Gasteiger partial charge on any atom is -0.501 e. The Labute approximate surface area is 133 Å². The van der Waals surface area contributed by atoms with E-state index in [0.29, 0.717) is 51.6 Å². The maximum absolute atomic E-state index is 12.5. The Morgan fingerprint density at radius 2 is 2.09 bits per heavy atom. The fourth-order valence-corrected chi connectivity index (χ4v) is 3.12. The Bertz CT molecular complexity index is 663. The minimum absolute atomic E-state index is 0.139. The molecule has 3 rings (SSSR count). The smallest absolute Gasteiger partial charge is 0.361 e. The summed E-state index contributed by atoms with van der Waals surface area (Å²) in [6.45, 7) is 3.93. The molecule has 8 heteroatoms. The number of ether oxygens (including phenoxy) is 3. The van der Waals surface area contributed by atoms with E-state index in [1.54, 1.807) is 6.92 Å². The number of aromatic hydroxyl groups is 1. The topological polar surface area (TPSA) is 99.9 Å². The fourth-order valence-electron chi connectivity index (χ4n) is 3.12. The molecule has 1 saturated heterocycles. The number of esters is 1. The van der Waals surface area contributed by atoms with E-state index in [9.17, 15) is 14.7 Å². The van der Waals surface area contributed by atoms with E-state index in [2.05, 4.69) is 4.98 Å². The summed E-state index contributed by atoms with van der Waals surface area (Å²) in [5.74, 6) is -0.988. The Balaban J connectivity index is 2.17. The molecule has 8 nitrogen and oxygen atoms in total. The van der Waals surface area contributed by atoms with Gasteiger partial charge in [-0.25, -0.2) is 9.78 Å². The Kier molecular flexibility index (Phi) is 4.36. The van der Waals surface area contributed by atoms with Crippen molar-refractivity contribution in [1.29, 1.82) is 0 Å². The van der Waals surface area contributed by atoms with Gasteiger partial charge in [-0.05, 0) is 19.8 Å². The highest BCUT2D eigenvalue weighted by atomic mass is 16.5. The van der Waals surface area contributed by atoms with Gasteiger partial charge in [0.1, 0.15) is 5.82 Å². The second-order valence-corrected chi connectivity index (χ2v) is 5.76. The van der Waals surface area contributed by atoms with Gasteiger partial charge in [0.25, 0.3) is 5.56 Å². The number of nitrogens with zero attached hydrogens (tertiary/aromatic N) is 2. The van der Waals surface area contributed by atoms with Gasteiger partial charge in [0.2, 0.25) is 5.75 Å². The molecule has 0 atom stereocenters. The van der Waals surface area contributed by atoms with Crippen LogP contribution in [0, 0.1) is 0 Å². The van der Waals surface area contributed by atoms with E-state index in [1.807, 2.05) is 0 Å². The van der Waals surface area contributed by atoms with Gasteiger partial charge >= 0.3 is 5.97 Å². The van der Waals surface area contributed by atoms with Crippen molar-refractivity contribution in [2.24, 2.45) is 0 Å². The van der Waals surface area contributed by atoms with E-state index < -0.39 is 22.7 Å². The van der Waals surface area contributed by atoms with Crippen LogP contribution >= 0.6 is 0 Å². The number of carbonyl (C=O) groups excluding carboxylic acids is 1. The number of hydrogen-bond donors (Lipinski definition) is 1. The molecule has 23 heavy (non-hydrogen) atoms. The van der Waals surface area contributed by atoms with Crippen LogP contribution in [0.5, 0.6) is 5.75 Å². The molecule has 1 spiro atoms. The van der Waals surface area contributed by atoms with Crippen LogP contribution in [0.15, 0.2) is 4.79 Å². The summed E-state index contributed by atoms with van der Waals surface area (Å²) in [5.41, 5.74) is -1.44. The lowest BCUT2D eigenvalue weighted by Gasteiger charge is -2.35. The molecule has 1 aromatic rings. The second kappa shape index (κ2) is 6.29. The second-order valence-electron chi connectivity index (χ2n) is 5.76. The largest absolute Gasteiger partial charge is 0.501 e. The van der Waals surface area contributed by atoms with Crippen LogP contribution < -0.4 is 5.56 Å². The van der Waals surface area contributed by atoms with Gasteiger partial charge in [-0.15, -0.1) is 0 Å². The molecular weight excluding hydrogens is 304 g/mol. The zero-order chi connectivity index (χ0) is 16.4. The van der Waals surface area contributed by atoms with E-state index in [-0.39, 0.29) is 12.3 Å². The summed E-state index contributed by atoms with van der Waals surface area (Å²) >= 11 is 0. The Hall–Kier alpha value is -1.93. The fraction of sp³-hybridized carbons (Fsp3) is 0.667. The SMILES string of the molecule is CCOC(=O)c1nc2n(c(=O)c1O)CCOCC21CCOCC1. The van der Waals surface area contributed by atoms with E-state index in [1.165, 1.54) is 4.57 Å². The van der Waals surface area contributed by atoms with Crippen LogP contribution in [0.4, 0.5) is 0 Å². The van der Waals surface area contributed by atoms with Crippen molar-refractivity contribution in [1.82, 2.24) is 9.55 Å². The van der Waals surface area contributed by atoms with Gasteiger partial charge in [0.05, 0.1) is 31.8 Å². The predicted octanol–water partition coefficient (Wildman–Crippen LogP) is 0.204. The number of fused-ring (bicyclic) bond motifs is 2. The average molecular weight is 324 g/mol. The summed E-state index contributed by atoms with van der Waals surface area (Å²) in [6.07, 6.45) is 1.29. The molecule has 0 radical (unpaired) electrons. The lowest BCUT2D eigenvalue weighted by Crippen LogP contribution is -2.42. The predicted molar refractivity (Wildman–Crippen MR) is 78.7 cm³/mol. The van der Waals surface area contributed by atoms with Crippen LogP contribution in [0.3, 0.4) is 0 Å². The normalized spacial score (nSPS) is 19.9. The van der Waals surface area contributed by atoms with Crippen molar-refractivity contribution in [2.75, 3.05) is 33.0 Å². The van der Waals surface area contributed by atoms with Crippen molar-refractivity contribution in [2.45, 2.75) is 31.7 Å². The molecule has 1 N–H and O–H groups in total. The molecule has 1 fully saturated rings. The van der Waals surface area contributed by atoms with Gasteiger partial charge in [0.15, 0.2) is 5.69 Å². The monoisotopic (exact) mass is 324 g/mol. The van der Waals surface area contributed by atoms with Gasteiger partial charge in [-0.1, -0.05) is 0 Å². The van der Waals surface area contributed by atoms with Crippen molar-refractivity contribution < 1.29 is 24.1 Å². The average Bonchev–Trinajstić information content (AvgIpc) is 2.72. The summed E-state index contributed by atoms with van der Waals surface area (Å²) in [4.78, 5) is 28.8. The first kappa shape index (κ1) is 15.9. The molecule has 0 saturated carbocycles. The van der Waals surface area contributed by atoms with Gasteiger partial charge in [-0.3, -0.25) is 9.36 Å². The van der Waals surface area contributed by atoms with E-state index >= 15 is 0 Å². The molecule has 0 amide bonds. The maximum Gasteiger partial charge on any atom is 0.361 e. The van der Waals surface area contributed by atoms with Crippen LogP contribution in [-0.4, -0.2) is 53.7 Å². The highest BCUT2D eigenvalue weighted by molar-refractivity contribution is 5.90. The van der Waals surface area contributed by atoms with Crippen molar-refractivity contribution in [3.05, 3.63) is 21.9 Å². The Morgan fingerprint density at radius 1 is 1.35 bits per heavy atom. The van der Waals surface area contributed by atoms with Gasteiger partial charge in [-0.2, -0.15) is 0 Å². The zero-order valence-electron chi connectivity index (χ0n) is 13.0. The number of carbonyl (C=O) groups is 1. The maximum atomic E-state index is 12.5. The molecule has 2 aliphatic rings. The van der Waals surface area contributed by atoms with Crippen LogP contribution in [-0.2, 0) is 26.2 Å². The first-order valence-electron chi connectivity index (χ1n) is 7.76. The third-order valence-corrected chi connectivity index (χ3v) is 4.38. The highest BCUT2D eigenvalue weighted by Gasteiger charge is 2.41. The molecule has 0 aliphatic carbocycles. The molecule has 2 aliphatic heterocycles. The standard InChI is InChI=1S/C15H20N2O6/c1-2-23-13(20)10-11(18)12(19)17-5-8-22-9-15(14(17)16-10)3-6-21-7-4-15/h18H,2-9H2,1H3. The lowest BCUT2D eigenvalue weighted by atomic mass is 9.80. The first-order chi connectivity index (χ1) is 11.1. The van der Waals surface area contributed by atoms with Crippen LogP contribution in [0.1, 0.15) is 36.1 Å². The van der Waals surface area contributed by atoms with Crippen molar-refractivity contribution >= 4 is 5.97 Å². The molecule has 126 valence electrons. The number of aromatic nitrogens is 2. The number of hydrogen-bond acceptors (Lipinski definition) is 7. The molecular formula is C15H20N2O6. The molecule has 3 heterocycles. The van der Waals surface area contributed by atoms with Gasteiger partial charge < -0.3 is 19.3 Å². The van der Waals surface area contributed by atoms with E-state index in [4.69, 9.17) is 14.2 Å². The van der Waals surface area contributed by atoms with Crippen LogP contribution in [0.2, 0.25) is 0 Å². The van der Waals surface area contributed by atoms with Crippen LogP contribution in [0.25, 0.3) is 0 Å². The highest BCUT2D eigenvalue weighted by Crippen LogP contribution is 2.35. The summed E-state index contributed by atoms with van der Waals surface area (Å²) < 4.78 is 17.4. The van der Waals surface area contributed by atoms with Crippen molar-refractivity contribution in [3.8, 4) is 5.75 Å². The quantitative estimate of drug-likeness (QED) is 0.776. The summed E-state index contributed by atoms with van der Waals surface area (Å²) in [6, 6.07) is 0. The van der Waals surface area contributed by atoms with Crippen molar-refractivity contribution in [3.63, 3.8) is 0 Å². The molecule has 0 unspecified atom stereocenters. The third-order valence-electron chi connectivity index (χ3n) is 4.38. The number of rotatable bonds is 2. The molecule has 0 aromatic carbocycles. The Morgan fingerprint density at radius 3 is 2.78 bits per heavy atom. The van der Waals surface area contributed by atoms with Gasteiger partial charge in [0, 0.05) is 13.2 Å². The minimum atomic E-state index is -0.794. The lowest BCUT2D eigenvalue weighted by molar-refractivity contribution is 0.00405. The zero-order valence-corrected chi connectivity index (χ0v) is 13.0. The summed E-state index contributed by atoms with van der Waals surface area (Å²) in [5, 5.41) is 10.1. The third kappa shape index (κ3) is 2.72.